The second-order valence-corrected chi connectivity index (χ2v) is 11.4. The van der Waals surface area contributed by atoms with Crippen molar-refractivity contribution in [1.29, 1.82) is 0 Å². The summed E-state index contributed by atoms with van der Waals surface area (Å²) in [5.74, 6) is -0.867. The standard InChI is InChI=1S/C11H20O3.C10H17FO3.C2H5I.C2H6/c1-6-8-7(2)11(5)9(12-8)13-10(3,4)14-11;1-5-6-7(11)10(4)8(12-6)13-9(2,3)14-10;1-2-3;1-2/h7-9H,6H2,1-5H3;6-8H,5H2,1-4H3;2H2,1H3;1-2H3/t7-,8-,9-,11-;6-,7+,8-,10-;;/m11../s1. The summed E-state index contributed by atoms with van der Waals surface area (Å²) in [4.78, 5) is 0. The van der Waals surface area contributed by atoms with E-state index in [-0.39, 0.29) is 18.0 Å². The van der Waals surface area contributed by atoms with Crippen LogP contribution in [0.4, 0.5) is 4.39 Å². The van der Waals surface area contributed by atoms with Crippen LogP contribution < -0.4 is 0 Å². The minimum atomic E-state index is -1.11. The summed E-state index contributed by atoms with van der Waals surface area (Å²) in [6.45, 7) is 23.5. The summed E-state index contributed by atoms with van der Waals surface area (Å²) < 4.78 is 49.2. The zero-order chi connectivity index (χ0) is 25.8. The van der Waals surface area contributed by atoms with Gasteiger partial charge in [-0.3, -0.25) is 0 Å². The van der Waals surface area contributed by atoms with E-state index in [1.54, 1.807) is 20.8 Å². The molecule has 4 rings (SSSR count). The SMILES string of the molecule is CC.CCI.CC[C@H]1O[C@@H]2OC(C)(C)O[C@]2(C)[C@@H]1C.CC[C@H]1O[C@@H]2OC(C)(C)O[C@]2(C)[C@H]1F. The van der Waals surface area contributed by atoms with Crippen LogP contribution in [0, 0.1) is 5.92 Å². The summed E-state index contributed by atoms with van der Waals surface area (Å²) >= 11 is 2.29. The monoisotopic (exact) mass is 590 g/mol. The van der Waals surface area contributed by atoms with Gasteiger partial charge >= 0.3 is 0 Å². The van der Waals surface area contributed by atoms with E-state index in [9.17, 15) is 4.39 Å². The normalized spacial score (nSPS) is 43.8. The van der Waals surface area contributed by atoms with E-state index in [4.69, 9.17) is 28.4 Å². The number of halogens is 2. The maximum absolute atomic E-state index is 13.9. The lowest BCUT2D eigenvalue weighted by Crippen LogP contribution is -2.42. The Kier molecular flexibility index (Phi) is 11.5. The minimum Gasteiger partial charge on any atom is -0.346 e. The number of hydrogen-bond donors (Lipinski definition) is 0. The van der Waals surface area contributed by atoms with Crippen LogP contribution in [0.15, 0.2) is 0 Å². The smallest absolute Gasteiger partial charge is 0.193 e. The van der Waals surface area contributed by atoms with Gasteiger partial charge in [0.15, 0.2) is 35.9 Å². The molecule has 0 aliphatic carbocycles. The van der Waals surface area contributed by atoms with Crippen LogP contribution >= 0.6 is 22.6 Å². The van der Waals surface area contributed by atoms with Crippen molar-refractivity contribution in [1.82, 2.24) is 0 Å². The number of ether oxygens (including phenoxy) is 6. The molecule has 33 heavy (non-hydrogen) atoms. The molecule has 4 aliphatic rings. The van der Waals surface area contributed by atoms with Crippen LogP contribution in [0.1, 0.15) is 95.9 Å². The topological polar surface area (TPSA) is 55.4 Å². The molecule has 4 aliphatic heterocycles. The minimum absolute atomic E-state index is 0.197. The molecule has 0 aromatic carbocycles. The number of fused-ring (bicyclic) bond motifs is 2. The summed E-state index contributed by atoms with van der Waals surface area (Å²) in [6.07, 6.45) is -0.364. The summed E-state index contributed by atoms with van der Waals surface area (Å²) in [5.41, 5.74) is -1.21. The van der Waals surface area contributed by atoms with Crippen LogP contribution in [0.25, 0.3) is 0 Å². The van der Waals surface area contributed by atoms with Gasteiger partial charge < -0.3 is 28.4 Å². The summed E-state index contributed by atoms with van der Waals surface area (Å²) in [5, 5.41) is 0. The maximum Gasteiger partial charge on any atom is 0.193 e. The first-order chi connectivity index (χ1) is 15.2. The number of hydrogen-bond acceptors (Lipinski definition) is 6. The van der Waals surface area contributed by atoms with Crippen LogP contribution in [-0.2, 0) is 28.4 Å². The lowest BCUT2D eigenvalue weighted by molar-refractivity contribution is -0.214. The molecule has 4 heterocycles. The number of rotatable bonds is 2. The van der Waals surface area contributed by atoms with Crippen molar-refractivity contribution in [3.63, 3.8) is 0 Å². The molecule has 0 amide bonds. The van der Waals surface area contributed by atoms with Gasteiger partial charge in [-0.15, -0.1) is 0 Å². The van der Waals surface area contributed by atoms with Gasteiger partial charge in [0.25, 0.3) is 0 Å². The fraction of sp³-hybridized carbons (Fsp3) is 1.00. The fourth-order valence-corrected chi connectivity index (χ4v) is 4.77. The Bertz CT molecular complexity index is 555. The van der Waals surface area contributed by atoms with Gasteiger partial charge in [-0.05, 0) is 58.8 Å². The molecule has 0 aromatic heterocycles. The lowest BCUT2D eigenvalue weighted by Gasteiger charge is -2.28. The van der Waals surface area contributed by atoms with Gasteiger partial charge in [-0.25, -0.2) is 4.39 Å². The first-order valence-electron chi connectivity index (χ1n) is 12.5. The highest BCUT2D eigenvalue weighted by Crippen LogP contribution is 2.49. The van der Waals surface area contributed by atoms with Crippen molar-refractivity contribution in [2.45, 2.75) is 150 Å². The van der Waals surface area contributed by atoms with E-state index in [0.29, 0.717) is 12.3 Å². The molecule has 0 saturated carbocycles. The molecule has 0 N–H and O–H groups in total. The van der Waals surface area contributed by atoms with E-state index >= 15 is 0 Å². The Balaban J connectivity index is 0.000000277. The third kappa shape index (κ3) is 6.80. The van der Waals surface area contributed by atoms with Crippen molar-refractivity contribution < 1.29 is 32.8 Å². The van der Waals surface area contributed by atoms with Gasteiger partial charge in [-0.1, -0.05) is 64.1 Å². The lowest BCUT2D eigenvalue weighted by atomic mass is 9.88. The average molecular weight is 591 g/mol. The largest absolute Gasteiger partial charge is 0.346 e. The zero-order valence-electron chi connectivity index (χ0n) is 22.8. The fourth-order valence-electron chi connectivity index (χ4n) is 4.77. The molecule has 4 fully saturated rings. The Morgan fingerprint density at radius 3 is 1.45 bits per heavy atom. The molecule has 8 heteroatoms. The first-order valence-corrected chi connectivity index (χ1v) is 14.0. The predicted octanol–water partition coefficient (Wildman–Crippen LogP) is 6.77. The highest BCUT2D eigenvalue weighted by molar-refractivity contribution is 14.1. The third-order valence-corrected chi connectivity index (χ3v) is 6.39. The molecule has 198 valence electrons. The molecule has 0 bridgehead atoms. The van der Waals surface area contributed by atoms with Gasteiger partial charge in [-0.2, -0.15) is 0 Å². The highest BCUT2D eigenvalue weighted by Gasteiger charge is 2.63. The van der Waals surface area contributed by atoms with Crippen LogP contribution in [-0.4, -0.2) is 58.2 Å². The van der Waals surface area contributed by atoms with Gasteiger partial charge in [0.05, 0.1) is 12.2 Å². The van der Waals surface area contributed by atoms with E-state index in [2.05, 4.69) is 50.3 Å². The van der Waals surface area contributed by atoms with Crippen molar-refractivity contribution in [3.05, 3.63) is 0 Å². The van der Waals surface area contributed by atoms with Crippen molar-refractivity contribution in [2.24, 2.45) is 5.92 Å². The first kappa shape index (κ1) is 31.4. The highest BCUT2D eigenvalue weighted by atomic mass is 127. The molecule has 8 atom stereocenters. The van der Waals surface area contributed by atoms with Crippen molar-refractivity contribution >= 4 is 22.6 Å². The van der Waals surface area contributed by atoms with Crippen molar-refractivity contribution in [2.75, 3.05) is 4.43 Å². The van der Waals surface area contributed by atoms with E-state index in [1.165, 1.54) is 4.43 Å². The molecule has 0 radical (unpaired) electrons. The third-order valence-electron chi connectivity index (χ3n) is 6.39. The molecular weight excluding hydrogens is 542 g/mol. The second-order valence-electron chi connectivity index (χ2n) is 9.89. The van der Waals surface area contributed by atoms with E-state index in [0.717, 1.165) is 6.42 Å². The molecule has 4 saturated heterocycles. The van der Waals surface area contributed by atoms with Crippen LogP contribution in [0.2, 0.25) is 0 Å². The molecule has 0 spiro atoms. The summed E-state index contributed by atoms with van der Waals surface area (Å²) in [6, 6.07) is 0. The average Bonchev–Trinajstić information content (AvgIpc) is 3.29. The van der Waals surface area contributed by atoms with Gasteiger partial charge in [0.2, 0.25) is 0 Å². The van der Waals surface area contributed by atoms with Crippen LogP contribution in [0.5, 0.6) is 0 Å². The Hall–Kier alpha value is 0.420. The predicted molar refractivity (Wildman–Crippen MR) is 137 cm³/mol. The van der Waals surface area contributed by atoms with Crippen molar-refractivity contribution in [3.8, 4) is 0 Å². The summed E-state index contributed by atoms with van der Waals surface area (Å²) in [7, 11) is 0. The Morgan fingerprint density at radius 2 is 1.09 bits per heavy atom. The van der Waals surface area contributed by atoms with E-state index < -0.39 is 35.7 Å². The van der Waals surface area contributed by atoms with Gasteiger partial charge in [0.1, 0.15) is 5.60 Å². The van der Waals surface area contributed by atoms with E-state index in [1.807, 2.05) is 34.6 Å². The Morgan fingerprint density at radius 1 is 0.727 bits per heavy atom. The zero-order valence-corrected chi connectivity index (χ0v) is 24.9. The molecule has 6 nitrogen and oxygen atoms in total. The quantitative estimate of drug-likeness (QED) is 0.262. The van der Waals surface area contributed by atoms with Gasteiger partial charge in [0, 0.05) is 5.92 Å². The molecular formula is C25H48FIO6. The molecule has 0 aromatic rings. The Labute approximate surface area is 215 Å². The van der Waals surface area contributed by atoms with Crippen LogP contribution in [0.3, 0.4) is 0 Å². The number of alkyl halides is 2. The maximum atomic E-state index is 13.9. The second kappa shape index (κ2) is 12.1. The molecule has 0 unspecified atom stereocenters.